The molecule has 132 valence electrons. The summed E-state index contributed by atoms with van der Waals surface area (Å²) < 4.78 is 1.66. The van der Waals surface area contributed by atoms with E-state index in [0.29, 0.717) is 17.3 Å². The average molecular weight is 351 g/mol. The fourth-order valence-electron chi connectivity index (χ4n) is 2.43. The van der Waals surface area contributed by atoms with Crippen LogP contribution in [0, 0.1) is 30.9 Å². The normalized spacial score (nSPS) is 11.0. The third-order valence-corrected chi connectivity index (χ3v) is 3.52. The number of benzene rings is 1. The Morgan fingerprint density at radius 1 is 1.15 bits per heavy atom. The van der Waals surface area contributed by atoms with Gasteiger partial charge in [-0.25, -0.2) is 9.67 Å². The molecule has 0 aliphatic heterocycles. The van der Waals surface area contributed by atoms with Crippen LogP contribution in [0.1, 0.15) is 22.6 Å². The molecule has 0 unspecified atom stereocenters. The molecule has 9 nitrogen and oxygen atoms in total. The van der Waals surface area contributed by atoms with E-state index >= 15 is 0 Å². The number of rotatable bonds is 5. The Bertz CT molecular complexity index is 995. The minimum absolute atomic E-state index is 0.0126. The molecule has 0 amide bonds. The molecule has 9 heteroatoms. The highest BCUT2D eigenvalue weighted by Crippen LogP contribution is 2.13. The number of aromatic nitrogens is 4. The highest BCUT2D eigenvalue weighted by Gasteiger charge is 2.09. The van der Waals surface area contributed by atoms with Gasteiger partial charge in [-0.05, 0) is 26.8 Å². The van der Waals surface area contributed by atoms with Gasteiger partial charge in [0, 0.05) is 35.2 Å². The van der Waals surface area contributed by atoms with Crippen LogP contribution in [0.4, 0.5) is 11.5 Å². The number of hydrogen-bond donors (Lipinski definition) is 1. The minimum Gasteiger partial charge on any atom is -0.261 e. The van der Waals surface area contributed by atoms with Crippen molar-refractivity contribution >= 4 is 17.7 Å². The maximum atomic E-state index is 10.8. The fourth-order valence-corrected chi connectivity index (χ4v) is 2.43. The van der Waals surface area contributed by atoms with Crippen LogP contribution in [0.25, 0.3) is 5.95 Å². The Labute approximate surface area is 149 Å². The van der Waals surface area contributed by atoms with Gasteiger partial charge in [0.1, 0.15) is 0 Å². The van der Waals surface area contributed by atoms with E-state index in [1.807, 2.05) is 26.8 Å². The van der Waals surface area contributed by atoms with Gasteiger partial charge < -0.3 is 0 Å². The van der Waals surface area contributed by atoms with Gasteiger partial charge in [-0.15, -0.1) is 0 Å². The molecule has 2 heterocycles. The van der Waals surface area contributed by atoms with E-state index < -0.39 is 4.92 Å². The number of aryl methyl sites for hydroxylation is 3. The van der Waals surface area contributed by atoms with E-state index in [1.54, 1.807) is 22.9 Å². The van der Waals surface area contributed by atoms with Crippen molar-refractivity contribution in [2.75, 3.05) is 5.43 Å². The van der Waals surface area contributed by atoms with Crippen molar-refractivity contribution in [2.45, 2.75) is 20.8 Å². The zero-order valence-corrected chi connectivity index (χ0v) is 14.5. The minimum atomic E-state index is -0.445. The van der Waals surface area contributed by atoms with Gasteiger partial charge in [-0.1, -0.05) is 12.1 Å². The highest BCUT2D eigenvalue weighted by atomic mass is 16.6. The van der Waals surface area contributed by atoms with E-state index in [9.17, 15) is 10.1 Å². The molecule has 26 heavy (non-hydrogen) atoms. The molecule has 0 spiro atoms. The predicted octanol–water partition coefficient (Wildman–Crippen LogP) is 2.94. The lowest BCUT2D eigenvalue weighted by Crippen LogP contribution is -2.08. The van der Waals surface area contributed by atoms with Crippen molar-refractivity contribution in [2.24, 2.45) is 5.10 Å². The molecule has 0 fully saturated rings. The topological polar surface area (TPSA) is 111 Å². The van der Waals surface area contributed by atoms with Crippen LogP contribution in [0.3, 0.4) is 0 Å². The maximum absolute atomic E-state index is 10.8. The second-order valence-corrected chi connectivity index (χ2v) is 5.76. The molecule has 0 aliphatic carbocycles. The van der Waals surface area contributed by atoms with Crippen molar-refractivity contribution in [3.8, 4) is 5.95 Å². The molecule has 3 rings (SSSR count). The first-order chi connectivity index (χ1) is 12.4. The maximum Gasteiger partial charge on any atom is 0.270 e. The lowest BCUT2D eigenvalue weighted by atomic mass is 10.2. The Morgan fingerprint density at radius 2 is 1.96 bits per heavy atom. The zero-order valence-electron chi connectivity index (χ0n) is 14.5. The summed E-state index contributed by atoms with van der Waals surface area (Å²) in [7, 11) is 0. The summed E-state index contributed by atoms with van der Waals surface area (Å²) in [6, 6.07) is 9.90. The molecule has 0 aliphatic rings. The molecule has 0 radical (unpaired) electrons. The van der Waals surface area contributed by atoms with Crippen molar-refractivity contribution in [3.63, 3.8) is 0 Å². The quantitative estimate of drug-likeness (QED) is 0.430. The zero-order chi connectivity index (χ0) is 18.7. The van der Waals surface area contributed by atoms with Gasteiger partial charge in [0.25, 0.3) is 11.6 Å². The second-order valence-electron chi connectivity index (χ2n) is 5.76. The lowest BCUT2D eigenvalue weighted by molar-refractivity contribution is -0.384. The van der Waals surface area contributed by atoms with Crippen LogP contribution in [0.15, 0.2) is 41.5 Å². The van der Waals surface area contributed by atoms with E-state index in [0.717, 1.165) is 17.1 Å². The molecule has 1 aromatic carbocycles. The molecule has 2 aromatic heterocycles. The van der Waals surface area contributed by atoms with E-state index in [4.69, 9.17) is 0 Å². The number of anilines is 1. The number of nitro benzene ring substituents is 1. The third kappa shape index (κ3) is 3.89. The van der Waals surface area contributed by atoms with Gasteiger partial charge in [-0.3, -0.25) is 15.5 Å². The summed E-state index contributed by atoms with van der Waals surface area (Å²) in [6.07, 6.45) is 1.49. The van der Waals surface area contributed by atoms with Gasteiger partial charge >= 0.3 is 0 Å². The largest absolute Gasteiger partial charge is 0.270 e. The standard InChI is InChI=1S/C17H17N7O2/c1-11-8-16(20-17(19-11)23-13(3)7-12(2)22-23)21-18-10-14-5-4-6-15(9-14)24(25)26/h4-10H,1-3H3,(H,19,20,21)/b18-10+. The van der Waals surface area contributed by atoms with Gasteiger partial charge in [0.05, 0.1) is 16.8 Å². The predicted molar refractivity (Wildman–Crippen MR) is 97.7 cm³/mol. The summed E-state index contributed by atoms with van der Waals surface area (Å²) in [5.41, 5.74) is 6.02. The summed E-state index contributed by atoms with van der Waals surface area (Å²) in [5.74, 6) is 0.949. The van der Waals surface area contributed by atoms with E-state index in [1.165, 1.54) is 18.3 Å². The number of nitrogens with zero attached hydrogens (tertiary/aromatic N) is 6. The van der Waals surface area contributed by atoms with E-state index in [-0.39, 0.29) is 5.69 Å². The fraction of sp³-hybridized carbons (Fsp3) is 0.176. The summed E-state index contributed by atoms with van der Waals surface area (Å²) in [5, 5.41) is 19.3. The summed E-state index contributed by atoms with van der Waals surface area (Å²) >= 11 is 0. The lowest BCUT2D eigenvalue weighted by Gasteiger charge is -2.06. The first-order valence-electron chi connectivity index (χ1n) is 7.85. The Balaban J connectivity index is 1.81. The van der Waals surface area contributed by atoms with Crippen LogP contribution in [0.5, 0.6) is 0 Å². The van der Waals surface area contributed by atoms with Crippen molar-refractivity contribution in [3.05, 3.63) is 69.2 Å². The van der Waals surface area contributed by atoms with Crippen LogP contribution < -0.4 is 5.43 Å². The van der Waals surface area contributed by atoms with Crippen molar-refractivity contribution in [1.29, 1.82) is 0 Å². The van der Waals surface area contributed by atoms with Gasteiger partial charge in [-0.2, -0.15) is 15.2 Å². The van der Waals surface area contributed by atoms with Gasteiger partial charge in [0.15, 0.2) is 5.82 Å². The first-order valence-corrected chi connectivity index (χ1v) is 7.85. The number of nitro groups is 1. The van der Waals surface area contributed by atoms with Crippen LogP contribution in [-0.4, -0.2) is 30.9 Å². The Hall–Kier alpha value is -3.62. The molecule has 1 N–H and O–H groups in total. The third-order valence-electron chi connectivity index (χ3n) is 3.52. The van der Waals surface area contributed by atoms with Crippen molar-refractivity contribution in [1.82, 2.24) is 19.7 Å². The average Bonchev–Trinajstić information content (AvgIpc) is 2.93. The molecule has 0 saturated carbocycles. The number of nitrogens with one attached hydrogen (secondary N) is 1. The summed E-state index contributed by atoms with van der Waals surface area (Å²) in [4.78, 5) is 19.2. The van der Waals surface area contributed by atoms with Crippen LogP contribution in [-0.2, 0) is 0 Å². The Kier molecular flexibility index (Phi) is 4.70. The van der Waals surface area contributed by atoms with Crippen molar-refractivity contribution < 1.29 is 4.92 Å². The summed E-state index contributed by atoms with van der Waals surface area (Å²) in [6.45, 7) is 5.69. The molecular formula is C17H17N7O2. The number of hydrogen-bond acceptors (Lipinski definition) is 7. The number of hydrazone groups is 1. The SMILES string of the molecule is Cc1cc(N/N=C/c2cccc([N+](=O)[O-])c2)nc(-n2nc(C)cc2C)n1. The molecule has 3 aromatic rings. The second kappa shape index (κ2) is 7.09. The monoisotopic (exact) mass is 351 g/mol. The smallest absolute Gasteiger partial charge is 0.261 e. The highest BCUT2D eigenvalue weighted by molar-refractivity contribution is 5.81. The molecule has 0 atom stereocenters. The van der Waals surface area contributed by atoms with Crippen LogP contribution in [0.2, 0.25) is 0 Å². The molecular weight excluding hydrogens is 334 g/mol. The first kappa shape index (κ1) is 17.2. The van der Waals surface area contributed by atoms with Gasteiger partial charge in [0.2, 0.25) is 0 Å². The van der Waals surface area contributed by atoms with Crippen LogP contribution >= 0.6 is 0 Å². The van der Waals surface area contributed by atoms with E-state index in [2.05, 4.69) is 25.6 Å². The molecule has 0 bridgehead atoms. The number of non-ortho nitro benzene ring substituents is 1. The molecule has 0 saturated heterocycles. The Morgan fingerprint density at radius 3 is 2.65 bits per heavy atom.